The summed E-state index contributed by atoms with van der Waals surface area (Å²) < 4.78 is 25.3. The zero-order valence-corrected chi connectivity index (χ0v) is 11.8. The molecule has 1 aliphatic rings. The molecule has 0 saturated carbocycles. The molecule has 10 heteroatoms. The van der Waals surface area contributed by atoms with E-state index in [1.807, 2.05) is 6.07 Å². The van der Waals surface area contributed by atoms with Gasteiger partial charge in [-0.15, -0.1) is 11.3 Å². The summed E-state index contributed by atoms with van der Waals surface area (Å²) in [4.78, 5) is 9.94. The van der Waals surface area contributed by atoms with Crippen LogP contribution < -0.4 is 0 Å². The lowest BCUT2D eigenvalue weighted by Crippen LogP contribution is -2.34. The predicted octanol–water partition coefficient (Wildman–Crippen LogP) is 1.99. The minimum absolute atomic E-state index is 0.184. The Balaban J connectivity index is 2.43. The topological polar surface area (TPSA) is 104 Å². The van der Waals surface area contributed by atoms with Gasteiger partial charge in [0.05, 0.1) is 11.0 Å². The lowest BCUT2D eigenvalue weighted by Gasteiger charge is -2.17. The van der Waals surface area contributed by atoms with Crippen molar-refractivity contribution in [1.82, 2.24) is 4.31 Å². The van der Waals surface area contributed by atoms with Crippen LogP contribution in [0.1, 0.15) is 12.8 Å². The van der Waals surface area contributed by atoms with Crippen LogP contribution in [0.5, 0.6) is 0 Å². The number of hydrogen-bond donors (Lipinski definition) is 0. The van der Waals surface area contributed by atoms with Gasteiger partial charge in [0.15, 0.2) is 4.34 Å². The Bertz CT molecular complexity index is 663. The fraction of sp³-hybridized carbons (Fsp3) is 0.444. The number of nitriles is 1. The minimum atomic E-state index is -3.89. The van der Waals surface area contributed by atoms with E-state index in [-0.39, 0.29) is 15.1 Å². The second-order valence-corrected chi connectivity index (χ2v) is 7.66. The second kappa shape index (κ2) is 5.05. The van der Waals surface area contributed by atoms with Crippen molar-refractivity contribution in [3.05, 3.63) is 20.5 Å². The molecule has 19 heavy (non-hydrogen) atoms. The third-order valence-electron chi connectivity index (χ3n) is 2.76. The first-order valence-electron chi connectivity index (χ1n) is 5.23. The van der Waals surface area contributed by atoms with Gasteiger partial charge >= 0.3 is 0 Å². The molecule has 2 rings (SSSR count). The summed E-state index contributed by atoms with van der Waals surface area (Å²) in [7, 11) is -3.89. The molecule has 1 saturated heterocycles. The highest BCUT2D eigenvalue weighted by Gasteiger charge is 2.37. The Labute approximate surface area is 118 Å². The monoisotopic (exact) mass is 321 g/mol. The highest BCUT2D eigenvalue weighted by molar-refractivity contribution is 7.91. The number of sulfonamides is 1. The summed E-state index contributed by atoms with van der Waals surface area (Å²) in [6, 6.07) is 2.14. The van der Waals surface area contributed by atoms with Crippen LogP contribution in [0, 0.1) is 21.4 Å². The predicted molar refractivity (Wildman–Crippen MR) is 68.5 cm³/mol. The Morgan fingerprint density at radius 1 is 1.63 bits per heavy atom. The molecule has 0 aliphatic carbocycles. The van der Waals surface area contributed by atoms with E-state index >= 15 is 0 Å². The molecule has 1 aromatic heterocycles. The SMILES string of the molecule is N#CC1CCCN1S(=O)(=O)c1cc([N+](=O)[O-])c(Cl)s1. The molecule has 0 aromatic carbocycles. The summed E-state index contributed by atoms with van der Waals surface area (Å²) in [5.41, 5.74) is -0.432. The van der Waals surface area contributed by atoms with Crippen molar-refractivity contribution in [2.45, 2.75) is 23.1 Å². The van der Waals surface area contributed by atoms with Crippen molar-refractivity contribution in [1.29, 1.82) is 5.26 Å². The number of halogens is 1. The molecule has 0 amide bonds. The smallest absolute Gasteiger partial charge is 0.258 e. The van der Waals surface area contributed by atoms with Crippen LogP contribution >= 0.6 is 22.9 Å². The average molecular weight is 322 g/mol. The van der Waals surface area contributed by atoms with Crippen LogP contribution in [0.15, 0.2) is 10.3 Å². The molecular formula is C9H8ClN3O4S2. The van der Waals surface area contributed by atoms with Gasteiger partial charge in [0.25, 0.3) is 15.7 Å². The van der Waals surface area contributed by atoms with E-state index in [9.17, 15) is 18.5 Å². The van der Waals surface area contributed by atoms with Crippen molar-refractivity contribution >= 4 is 38.6 Å². The largest absolute Gasteiger partial charge is 0.300 e. The van der Waals surface area contributed by atoms with Crippen molar-refractivity contribution < 1.29 is 13.3 Å². The van der Waals surface area contributed by atoms with Crippen LogP contribution in [-0.2, 0) is 10.0 Å². The third kappa shape index (κ3) is 2.44. The Morgan fingerprint density at radius 3 is 2.84 bits per heavy atom. The van der Waals surface area contributed by atoms with Crippen LogP contribution in [-0.4, -0.2) is 30.2 Å². The molecule has 7 nitrogen and oxygen atoms in total. The molecule has 1 atom stereocenters. The van der Waals surface area contributed by atoms with Gasteiger partial charge in [-0.1, -0.05) is 11.6 Å². The molecule has 0 bridgehead atoms. The summed E-state index contributed by atoms with van der Waals surface area (Å²) in [5.74, 6) is 0. The summed E-state index contributed by atoms with van der Waals surface area (Å²) in [6.07, 6.45) is 1.07. The fourth-order valence-corrected chi connectivity index (χ4v) is 5.27. The summed E-state index contributed by atoms with van der Waals surface area (Å²) in [6.45, 7) is 0.240. The van der Waals surface area contributed by atoms with Gasteiger partial charge < -0.3 is 0 Å². The summed E-state index contributed by atoms with van der Waals surface area (Å²) in [5, 5.41) is 19.6. The molecule has 1 aromatic rings. The molecule has 0 N–H and O–H groups in total. The molecule has 1 fully saturated rings. The zero-order valence-electron chi connectivity index (χ0n) is 9.45. The zero-order chi connectivity index (χ0) is 14.2. The van der Waals surface area contributed by atoms with E-state index in [4.69, 9.17) is 16.9 Å². The maximum absolute atomic E-state index is 12.3. The van der Waals surface area contributed by atoms with Gasteiger partial charge in [-0.25, -0.2) is 8.42 Å². The first-order valence-corrected chi connectivity index (χ1v) is 7.86. The second-order valence-electron chi connectivity index (χ2n) is 3.88. The lowest BCUT2D eigenvalue weighted by atomic mass is 10.2. The Morgan fingerprint density at radius 2 is 2.32 bits per heavy atom. The van der Waals surface area contributed by atoms with Gasteiger partial charge in [-0.05, 0) is 12.8 Å². The van der Waals surface area contributed by atoms with Crippen LogP contribution in [0.4, 0.5) is 5.69 Å². The van der Waals surface area contributed by atoms with Crippen molar-refractivity contribution in [3.63, 3.8) is 0 Å². The molecule has 1 unspecified atom stereocenters. The van der Waals surface area contributed by atoms with Crippen molar-refractivity contribution in [2.75, 3.05) is 6.54 Å². The van der Waals surface area contributed by atoms with E-state index in [1.165, 1.54) is 0 Å². The first kappa shape index (κ1) is 14.2. The van der Waals surface area contributed by atoms with Gasteiger partial charge in [0, 0.05) is 12.6 Å². The normalized spacial score (nSPS) is 20.3. The van der Waals surface area contributed by atoms with E-state index in [1.54, 1.807) is 0 Å². The van der Waals surface area contributed by atoms with Gasteiger partial charge in [0.2, 0.25) is 0 Å². The van der Waals surface area contributed by atoms with Gasteiger partial charge in [-0.3, -0.25) is 10.1 Å². The van der Waals surface area contributed by atoms with E-state index in [0.29, 0.717) is 24.2 Å². The quantitative estimate of drug-likeness (QED) is 0.625. The third-order valence-corrected chi connectivity index (χ3v) is 6.45. The maximum atomic E-state index is 12.3. The number of nitrogens with zero attached hydrogens (tertiary/aromatic N) is 3. The fourth-order valence-electron chi connectivity index (χ4n) is 1.86. The molecule has 1 aliphatic heterocycles. The van der Waals surface area contributed by atoms with Crippen LogP contribution in [0.3, 0.4) is 0 Å². The molecule has 0 spiro atoms. The van der Waals surface area contributed by atoms with E-state index < -0.39 is 26.7 Å². The van der Waals surface area contributed by atoms with Gasteiger partial charge in [-0.2, -0.15) is 9.57 Å². The molecule has 102 valence electrons. The molecular weight excluding hydrogens is 314 g/mol. The number of thiophene rings is 1. The lowest BCUT2D eigenvalue weighted by molar-refractivity contribution is -0.384. The summed E-state index contributed by atoms with van der Waals surface area (Å²) >= 11 is 6.29. The molecule has 2 heterocycles. The number of rotatable bonds is 3. The van der Waals surface area contributed by atoms with E-state index in [0.717, 1.165) is 10.4 Å². The minimum Gasteiger partial charge on any atom is -0.258 e. The van der Waals surface area contributed by atoms with Crippen LogP contribution in [0.25, 0.3) is 0 Å². The average Bonchev–Trinajstić information content (AvgIpc) is 2.94. The highest BCUT2D eigenvalue weighted by atomic mass is 35.5. The van der Waals surface area contributed by atoms with Gasteiger partial charge in [0.1, 0.15) is 10.3 Å². The Hall–Kier alpha value is -1.21. The van der Waals surface area contributed by atoms with Crippen molar-refractivity contribution in [2.24, 2.45) is 0 Å². The highest BCUT2D eigenvalue weighted by Crippen LogP contribution is 2.38. The maximum Gasteiger partial charge on any atom is 0.300 e. The standard InChI is InChI=1S/C9H8ClN3O4S2/c10-9-7(13(14)15)4-8(18-9)19(16,17)12-3-1-2-6(12)5-11/h4,6H,1-3H2. The number of hydrogen-bond acceptors (Lipinski definition) is 6. The number of nitro groups is 1. The molecule has 0 radical (unpaired) electrons. The van der Waals surface area contributed by atoms with Crippen LogP contribution in [0.2, 0.25) is 4.34 Å². The first-order chi connectivity index (χ1) is 8.87. The van der Waals surface area contributed by atoms with Crippen molar-refractivity contribution in [3.8, 4) is 6.07 Å². The van der Waals surface area contributed by atoms with E-state index in [2.05, 4.69) is 0 Å². The Kier molecular flexibility index (Phi) is 3.78.